The van der Waals surface area contributed by atoms with Crippen LogP contribution in [-0.2, 0) is 9.53 Å². The standard InChI is InChI=1S/C16H31NO3/c1-5-15(4,6-2)17-12-16(19)10-8-13(9-11-16)14(18)20-7-3/h13,17,19H,5-12H2,1-4H3. The third kappa shape index (κ3) is 4.74. The van der Waals surface area contributed by atoms with Crippen LogP contribution in [0.15, 0.2) is 0 Å². The molecule has 0 aliphatic heterocycles. The van der Waals surface area contributed by atoms with Crippen molar-refractivity contribution in [2.75, 3.05) is 13.2 Å². The average Bonchev–Trinajstić information content (AvgIpc) is 2.46. The SMILES string of the molecule is CCOC(=O)C1CCC(O)(CNC(C)(CC)CC)CC1. The molecule has 20 heavy (non-hydrogen) atoms. The van der Waals surface area contributed by atoms with Gasteiger partial charge in [0.25, 0.3) is 0 Å². The molecule has 0 spiro atoms. The lowest BCUT2D eigenvalue weighted by Crippen LogP contribution is -2.51. The predicted octanol–water partition coefficient (Wildman–Crippen LogP) is 2.64. The van der Waals surface area contributed by atoms with Crippen LogP contribution < -0.4 is 5.32 Å². The van der Waals surface area contributed by atoms with Crippen LogP contribution in [0.5, 0.6) is 0 Å². The van der Waals surface area contributed by atoms with E-state index in [4.69, 9.17) is 4.74 Å². The van der Waals surface area contributed by atoms with Gasteiger partial charge >= 0.3 is 5.97 Å². The zero-order valence-electron chi connectivity index (χ0n) is 13.5. The van der Waals surface area contributed by atoms with E-state index in [0.717, 1.165) is 25.7 Å². The summed E-state index contributed by atoms with van der Waals surface area (Å²) in [5, 5.41) is 14.1. The van der Waals surface area contributed by atoms with E-state index in [1.807, 2.05) is 6.92 Å². The van der Waals surface area contributed by atoms with Crippen molar-refractivity contribution in [2.24, 2.45) is 5.92 Å². The first-order valence-corrected chi connectivity index (χ1v) is 8.02. The number of hydrogen-bond acceptors (Lipinski definition) is 4. The first-order valence-electron chi connectivity index (χ1n) is 8.02. The van der Waals surface area contributed by atoms with Crippen molar-refractivity contribution in [3.8, 4) is 0 Å². The van der Waals surface area contributed by atoms with Gasteiger partial charge in [-0.1, -0.05) is 13.8 Å². The summed E-state index contributed by atoms with van der Waals surface area (Å²) in [5.41, 5.74) is -0.581. The molecule has 1 fully saturated rings. The quantitative estimate of drug-likeness (QED) is 0.706. The van der Waals surface area contributed by atoms with Crippen molar-refractivity contribution in [3.63, 3.8) is 0 Å². The molecule has 0 heterocycles. The summed E-state index contributed by atoms with van der Waals surface area (Å²) in [6.45, 7) is 9.40. The van der Waals surface area contributed by atoms with Crippen molar-refractivity contribution in [1.82, 2.24) is 5.32 Å². The maximum Gasteiger partial charge on any atom is 0.308 e. The molecule has 0 aromatic heterocycles. The molecule has 0 aromatic carbocycles. The Morgan fingerprint density at radius 3 is 2.30 bits per heavy atom. The second-order valence-corrected chi connectivity index (χ2v) is 6.37. The average molecular weight is 285 g/mol. The number of ether oxygens (including phenoxy) is 1. The Hall–Kier alpha value is -0.610. The van der Waals surface area contributed by atoms with Gasteiger partial charge in [0.05, 0.1) is 18.1 Å². The minimum atomic E-state index is -0.672. The normalized spacial score (nSPS) is 27.4. The molecule has 0 radical (unpaired) electrons. The van der Waals surface area contributed by atoms with E-state index in [0.29, 0.717) is 26.0 Å². The number of esters is 1. The van der Waals surface area contributed by atoms with Crippen LogP contribution in [0.2, 0.25) is 0 Å². The molecule has 2 N–H and O–H groups in total. The molecule has 0 unspecified atom stereocenters. The number of aliphatic hydroxyl groups is 1. The number of nitrogens with one attached hydrogen (secondary N) is 1. The lowest BCUT2D eigenvalue weighted by Gasteiger charge is -2.39. The van der Waals surface area contributed by atoms with Crippen LogP contribution in [0, 0.1) is 5.92 Å². The van der Waals surface area contributed by atoms with E-state index in [2.05, 4.69) is 26.1 Å². The Bertz CT molecular complexity index is 305. The van der Waals surface area contributed by atoms with Crippen LogP contribution >= 0.6 is 0 Å². The molecular formula is C16H31NO3. The summed E-state index contributed by atoms with van der Waals surface area (Å²) in [6.07, 6.45) is 4.90. The van der Waals surface area contributed by atoms with Crippen LogP contribution in [-0.4, -0.2) is 35.4 Å². The lowest BCUT2D eigenvalue weighted by molar-refractivity contribution is -0.151. The van der Waals surface area contributed by atoms with Crippen molar-refractivity contribution < 1.29 is 14.6 Å². The smallest absolute Gasteiger partial charge is 0.308 e. The van der Waals surface area contributed by atoms with E-state index >= 15 is 0 Å². The molecule has 0 amide bonds. The van der Waals surface area contributed by atoms with E-state index in [1.165, 1.54) is 0 Å². The maximum absolute atomic E-state index is 11.7. The molecule has 1 saturated carbocycles. The summed E-state index contributed by atoms with van der Waals surface area (Å²) < 4.78 is 5.06. The maximum atomic E-state index is 11.7. The van der Waals surface area contributed by atoms with Gasteiger partial charge in [0.2, 0.25) is 0 Å². The third-order valence-corrected chi connectivity index (χ3v) is 4.94. The Morgan fingerprint density at radius 2 is 1.85 bits per heavy atom. The molecule has 1 aliphatic carbocycles. The van der Waals surface area contributed by atoms with Gasteiger partial charge in [-0.15, -0.1) is 0 Å². The molecule has 0 atom stereocenters. The number of β-amino-alcohol motifs (C(OH)–C–C–N with tert-alkyl or cyclic N) is 1. The van der Waals surface area contributed by atoms with E-state index in [-0.39, 0.29) is 17.4 Å². The summed E-state index contributed by atoms with van der Waals surface area (Å²) >= 11 is 0. The molecule has 4 nitrogen and oxygen atoms in total. The highest BCUT2D eigenvalue weighted by Gasteiger charge is 2.37. The van der Waals surface area contributed by atoms with Gasteiger partial charge in [-0.25, -0.2) is 0 Å². The summed E-state index contributed by atoms with van der Waals surface area (Å²) in [6, 6.07) is 0. The van der Waals surface area contributed by atoms with Gasteiger partial charge in [0, 0.05) is 12.1 Å². The van der Waals surface area contributed by atoms with Crippen LogP contribution in [0.1, 0.15) is 66.2 Å². The molecule has 0 aromatic rings. The largest absolute Gasteiger partial charge is 0.466 e. The number of hydrogen-bond donors (Lipinski definition) is 2. The Kier molecular flexibility index (Phi) is 6.46. The minimum Gasteiger partial charge on any atom is -0.466 e. The molecule has 1 rings (SSSR count). The number of carbonyl (C=O) groups is 1. The van der Waals surface area contributed by atoms with E-state index < -0.39 is 5.60 Å². The second kappa shape index (κ2) is 7.41. The van der Waals surface area contributed by atoms with E-state index in [9.17, 15) is 9.90 Å². The summed E-state index contributed by atoms with van der Waals surface area (Å²) in [4.78, 5) is 11.7. The first kappa shape index (κ1) is 17.4. The van der Waals surface area contributed by atoms with Gasteiger partial charge in [0.1, 0.15) is 0 Å². The molecular weight excluding hydrogens is 254 g/mol. The topological polar surface area (TPSA) is 58.6 Å². The van der Waals surface area contributed by atoms with Crippen LogP contribution in [0.3, 0.4) is 0 Å². The molecule has 4 heteroatoms. The Labute approximate surface area is 123 Å². The van der Waals surface area contributed by atoms with Crippen molar-refractivity contribution >= 4 is 5.97 Å². The highest BCUT2D eigenvalue weighted by Crippen LogP contribution is 2.33. The molecule has 0 bridgehead atoms. The molecule has 0 saturated heterocycles. The van der Waals surface area contributed by atoms with Crippen LogP contribution in [0.4, 0.5) is 0 Å². The summed E-state index contributed by atoms with van der Waals surface area (Å²) in [5.74, 6) is -0.131. The fourth-order valence-electron chi connectivity index (χ4n) is 2.71. The van der Waals surface area contributed by atoms with Gasteiger partial charge in [0.15, 0.2) is 0 Å². The van der Waals surface area contributed by atoms with Crippen LogP contribution in [0.25, 0.3) is 0 Å². The highest BCUT2D eigenvalue weighted by molar-refractivity contribution is 5.72. The Balaban J connectivity index is 2.44. The van der Waals surface area contributed by atoms with Gasteiger partial charge in [-0.3, -0.25) is 4.79 Å². The monoisotopic (exact) mass is 285 g/mol. The van der Waals surface area contributed by atoms with Gasteiger partial charge in [-0.2, -0.15) is 0 Å². The fourth-order valence-corrected chi connectivity index (χ4v) is 2.71. The zero-order chi connectivity index (χ0) is 15.2. The van der Waals surface area contributed by atoms with Gasteiger partial charge < -0.3 is 15.2 Å². The third-order valence-electron chi connectivity index (χ3n) is 4.94. The van der Waals surface area contributed by atoms with Crippen molar-refractivity contribution in [3.05, 3.63) is 0 Å². The molecule has 118 valence electrons. The Morgan fingerprint density at radius 1 is 1.30 bits per heavy atom. The second-order valence-electron chi connectivity index (χ2n) is 6.37. The van der Waals surface area contributed by atoms with E-state index in [1.54, 1.807) is 0 Å². The van der Waals surface area contributed by atoms with Gasteiger partial charge in [-0.05, 0) is 52.4 Å². The molecule has 1 aliphatic rings. The fraction of sp³-hybridized carbons (Fsp3) is 0.938. The van der Waals surface area contributed by atoms with Crippen molar-refractivity contribution in [1.29, 1.82) is 0 Å². The first-order chi connectivity index (χ1) is 9.38. The predicted molar refractivity (Wildman–Crippen MR) is 80.5 cm³/mol. The highest BCUT2D eigenvalue weighted by atomic mass is 16.5. The number of carbonyl (C=O) groups excluding carboxylic acids is 1. The lowest BCUT2D eigenvalue weighted by atomic mass is 9.78. The summed E-state index contributed by atoms with van der Waals surface area (Å²) in [7, 11) is 0. The number of rotatable bonds is 7. The zero-order valence-corrected chi connectivity index (χ0v) is 13.5. The van der Waals surface area contributed by atoms with Crippen molar-refractivity contribution in [2.45, 2.75) is 77.4 Å². The minimum absolute atomic E-state index is 0.0287.